The lowest BCUT2D eigenvalue weighted by Crippen LogP contribution is -2.60. The lowest BCUT2D eigenvalue weighted by molar-refractivity contribution is -0.302. The summed E-state index contributed by atoms with van der Waals surface area (Å²) in [6.07, 6.45) is 71.2. The zero-order chi connectivity index (χ0) is 56.5. The summed E-state index contributed by atoms with van der Waals surface area (Å²) in [5.41, 5.74) is 0. The Morgan fingerprint density at radius 1 is 0.423 bits per heavy atom. The number of allylic oxidation sites excluding steroid dienone is 5. The molecule has 460 valence electrons. The maximum Gasteiger partial charge on any atom is 0.220 e. The van der Waals surface area contributed by atoms with Crippen molar-refractivity contribution in [3.8, 4) is 0 Å². The molecule has 1 rings (SSSR count). The first kappa shape index (κ1) is 74.4. The third-order valence-electron chi connectivity index (χ3n) is 16.4. The summed E-state index contributed by atoms with van der Waals surface area (Å²) in [5.74, 6) is -0.181. The van der Waals surface area contributed by atoms with Crippen molar-refractivity contribution in [1.29, 1.82) is 0 Å². The topological polar surface area (TPSA) is 149 Å². The van der Waals surface area contributed by atoms with Gasteiger partial charge >= 0.3 is 0 Å². The number of rotatable bonds is 60. The zero-order valence-corrected chi connectivity index (χ0v) is 51.4. The van der Waals surface area contributed by atoms with E-state index in [1.807, 2.05) is 6.08 Å². The van der Waals surface area contributed by atoms with Gasteiger partial charge in [-0.3, -0.25) is 4.79 Å². The quantitative estimate of drug-likeness (QED) is 0.0261. The van der Waals surface area contributed by atoms with Gasteiger partial charge in [-0.1, -0.05) is 314 Å². The standard InChI is InChI=1S/C69H131NO8/c1-3-5-7-9-11-13-15-17-19-21-23-25-26-27-28-29-30-31-32-33-34-35-36-37-38-39-41-43-45-47-49-51-53-55-57-59-65(73)70-62(61-77-69-68(76)67(75)66(74)64(60-71)78-69)63(72)58-56-54-52-50-48-46-44-42-40-24-22-20-18-16-14-12-10-8-6-4-2/h29-30,48,50,56,58,62-64,66-69,71-72,74-76H,3-28,31-47,49,51-55,57,59-61H2,1-2H3,(H,70,73)/b30-29-,50-48+,58-56+. The molecule has 9 heteroatoms. The Hall–Kier alpha value is -1.59. The van der Waals surface area contributed by atoms with Crippen LogP contribution in [0, 0.1) is 0 Å². The summed E-state index contributed by atoms with van der Waals surface area (Å²) in [6, 6.07) is -0.821. The van der Waals surface area contributed by atoms with E-state index in [4.69, 9.17) is 9.47 Å². The van der Waals surface area contributed by atoms with E-state index in [-0.39, 0.29) is 12.5 Å². The van der Waals surface area contributed by atoms with E-state index in [1.165, 1.54) is 283 Å². The van der Waals surface area contributed by atoms with Crippen LogP contribution in [0.15, 0.2) is 36.5 Å². The summed E-state index contributed by atoms with van der Waals surface area (Å²) in [7, 11) is 0. The second kappa shape index (κ2) is 58.6. The fourth-order valence-electron chi connectivity index (χ4n) is 11.1. The summed E-state index contributed by atoms with van der Waals surface area (Å²) >= 11 is 0. The van der Waals surface area contributed by atoms with Crippen LogP contribution in [0.4, 0.5) is 0 Å². The number of nitrogens with one attached hydrogen (secondary N) is 1. The highest BCUT2D eigenvalue weighted by Crippen LogP contribution is 2.23. The Bertz CT molecular complexity index is 1320. The molecule has 0 radical (unpaired) electrons. The van der Waals surface area contributed by atoms with Crippen molar-refractivity contribution in [3.63, 3.8) is 0 Å². The summed E-state index contributed by atoms with van der Waals surface area (Å²) in [6.45, 7) is 3.81. The van der Waals surface area contributed by atoms with Crippen LogP contribution in [0.25, 0.3) is 0 Å². The molecular weight excluding hydrogens is 971 g/mol. The molecule has 0 aliphatic carbocycles. The Morgan fingerprint density at radius 2 is 0.731 bits per heavy atom. The van der Waals surface area contributed by atoms with Crippen LogP contribution in [-0.2, 0) is 14.3 Å². The molecule has 1 aliphatic rings. The van der Waals surface area contributed by atoms with Crippen molar-refractivity contribution in [2.45, 2.75) is 384 Å². The fourth-order valence-corrected chi connectivity index (χ4v) is 11.1. The Morgan fingerprint density at radius 3 is 1.08 bits per heavy atom. The largest absolute Gasteiger partial charge is 0.394 e. The number of aliphatic hydroxyl groups excluding tert-OH is 5. The number of aliphatic hydroxyl groups is 5. The molecule has 1 fully saturated rings. The van der Waals surface area contributed by atoms with Crippen molar-refractivity contribution < 1.29 is 39.8 Å². The molecule has 0 aromatic rings. The molecule has 0 aromatic carbocycles. The summed E-state index contributed by atoms with van der Waals surface area (Å²) < 4.78 is 11.3. The molecule has 6 N–H and O–H groups in total. The van der Waals surface area contributed by atoms with Crippen molar-refractivity contribution >= 4 is 5.91 Å². The van der Waals surface area contributed by atoms with E-state index < -0.39 is 49.5 Å². The minimum Gasteiger partial charge on any atom is -0.394 e. The highest BCUT2D eigenvalue weighted by Gasteiger charge is 2.44. The van der Waals surface area contributed by atoms with Crippen LogP contribution >= 0.6 is 0 Å². The van der Waals surface area contributed by atoms with E-state index in [0.717, 1.165) is 38.5 Å². The van der Waals surface area contributed by atoms with Crippen LogP contribution < -0.4 is 5.32 Å². The van der Waals surface area contributed by atoms with Gasteiger partial charge in [0.25, 0.3) is 0 Å². The van der Waals surface area contributed by atoms with Crippen LogP contribution in [-0.4, -0.2) is 87.5 Å². The fraction of sp³-hybridized carbons (Fsp3) is 0.899. The average molecular weight is 1100 g/mol. The second-order valence-corrected chi connectivity index (χ2v) is 24.0. The first-order valence-electron chi connectivity index (χ1n) is 34.2. The summed E-state index contributed by atoms with van der Waals surface area (Å²) in [4.78, 5) is 13.1. The van der Waals surface area contributed by atoms with E-state index >= 15 is 0 Å². The van der Waals surface area contributed by atoms with Gasteiger partial charge in [0.05, 0.1) is 25.4 Å². The molecule has 0 aromatic heterocycles. The Kier molecular flexibility index (Phi) is 55.9. The van der Waals surface area contributed by atoms with Crippen molar-refractivity contribution in [2.24, 2.45) is 0 Å². The molecule has 1 heterocycles. The van der Waals surface area contributed by atoms with E-state index in [0.29, 0.717) is 6.42 Å². The Labute approximate surface area is 482 Å². The van der Waals surface area contributed by atoms with Crippen LogP contribution in [0.5, 0.6) is 0 Å². The third-order valence-corrected chi connectivity index (χ3v) is 16.4. The van der Waals surface area contributed by atoms with Crippen molar-refractivity contribution in [1.82, 2.24) is 5.32 Å². The van der Waals surface area contributed by atoms with Gasteiger partial charge in [-0.15, -0.1) is 0 Å². The number of unbranched alkanes of at least 4 members (excludes halogenated alkanes) is 46. The predicted molar refractivity (Wildman–Crippen MR) is 332 cm³/mol. The monoisotopic (exact) mass is 1100 g/mol. The molecule has 0 saturated carbocycles. The lowest BCUT2D eigenvalue weighted by Gasteiger charge is -2.40. The van der Waals surface area contributed by atoms with E-state index in [1.54, 1.807) is 6.08 Å². The van der Waals surface area contributed by atoms with Gasteiger partial charge in [-0.05, 0) is 57.8 Å². The third kappa shape index (κ3) is 47.0. The van der Waals surface area contributed by atoms with E-state index in [2.05, 4.69) is 43.5 Å². The first-order chi connectivity index (χ1) is 38.3. The predicted octanol–water partition coefficient (Wildman–Crippen LogP) is 18.3. The molecule has 7 unspecified atom stereocenters. The number of hydrogen-bond acceptors (Lipinski definition) is 8. The number of carbonyl (C=O) groups excluding carboxylic acids is 1. The smallest absolute Gasteiger partial charge is 0.220 e. The maximum atomic E-state index is 13.1. The van der Waals surface area contributed by atoms with Gasteiger partial charge in [0, 0.05) is 6.42 Å². The molecule has 1 saturated heterocycles. The minimum absolute atomic E-state index is 0.181. The molecular formula is C69H131NO8. The van der Waals surface area contributed by atoms with Gasteiger partial charge in [0.2, 0.25) is 5.91 Å². The number of amides is 1. The summed E-state index contributed by atoms with van der Waals surface area (Å²) in [5, 5.41) is 54.6. The van der Waals surface area contributed by atoms with Gasteiger partial charge in [-0.2, -0.15) is 0 Å². The van der Waals surface area contributed by atoms with Crippen LogP contribution in [0.1, 0.15) is 341 Å². The molecule has 9 nitrogen and oxygen atoms in total. The molecule has 0 spiro atoms. The average Bonchev–Trinajstić information content (AvgIpc) is 3.45. The van der Waals surface area contributed by atoms with Gasteiger partial charge in [0.15, 0.2) is 6.29 Å². The second-order valence-electron chi connectivity index (χ2n) is 24.0. The first-order valence-corrected chi connectivity index (χ1v) is 34.2. The highest BCUT2D eigenvalue weighted by atomic mass is 16.7. The lowest BCUT2D eigenvalue weighted by atomic mass is 9.99. The van der Waals surface area contributed by atoms with Gasteiger partial charge in [-0.25, -0.2) is 0 Å². The van der Waals surface area contributed by atoms with Crippen molar-refractivity contribution in [2.75, 3.05) is 13.2 Å². The van der Waals surface area contributed by atoms with E-state index in [9.17, 15) is 30.3 Å². The van der Waals surface area contributed by atoms with Crippen molar-refractivity contribution in [3.05, 3.63) is 36.5 Å². The van der Waals surface area contributed by atoms with Gasteiger partial charge in [0.1, 0.15) is 24.4 Å². The Balaban J connectivity index is 2.11. The normalized spacial score (nSPS) is 18.8. The zero-order valence-electron chi connectivity index (χ0n) is 51.4. The van der Waals surface area contributed by atoms with Crippen LogP contribution in [0.3, 0.4) is 0 Å². The SMILES string of the molecule is CCCCCCCCCCCCCCCC/C=C\CCCCCCCCCCCCCCCCCCCC(=O)NC(COC1OC(CO)C(O)C(O)C1O)C(O)/C=C/CC/C=C/CCCCCCCCCCCCCCCC. The molecule has 78 heavy (non-hydrogen) atoms. The maximum absolute atomic E-state index is 13.1. The number of hydrogen-bond donors (Lipinski definition) is 6. The van der Waals surface area contributed by atoms with Gasteiger partial charge < -0.3 is 40.3 Å². The number of ether oxygens (including phenoxy) is 2. The highest BCUT2D eigenvalue weighted by molar-refractivity contribution is 5.76. The van der Waals surface area contributed by atoms with Crippen LogP contribution in [0.2, 0.25) is 0 Å². The molecule has 1 aliphatic heterocycles. The molecule has 0 bridgehead atoms. The molecule has 1 amide bonds. The minimum atomic E-state index is -1.57. The molecule has 7 atom stereocenters. The number of carbonyl (C=O) groups is 1.